The van der Waals surface area contributed by atoms with E-state index in [9.17, 15) is 0 Å². The Bertz CT molecular complexity index is 467. The van der Waals surface area contributed by atoms with Gasteiger partial charge in [-0.05, 0) is 21.9 Å². The Morgan fingerprint density at radius 1 is 1.50 bits per heavy atom. The maximum atomic E-state index is 5.19. The molecule has 0 unspecified atom stereocenters. The largest absolute Gasteiger partial charge is 0.289 e. The Morgan fingerprint density at radius 3 is 3.08 bits per heavy atom. The molecule has 0 aromatic carbocycles. The van der Waals surface area contributed by atoms with Gasteiger partial charge in [0.1, 0.15) is 5.69 Å². The molecule has 0 radical (unpaired) electrons. The summed E-state index contributed by atoms with van der Waals surface area (Å²) in [6.07, 6.45) is 10.5. The van der Waals surface area contributed by atoms with Crippen LogP contribution in [0, 0.1) is 12.3 Å². The normalized spacial score (nSPS) is 10.0. The molecule has 0 saturated carbocycles. The Morgan fingerprint density at radius 2 is 2.33 bits per heavy atom. The molecule has 2 aromatic heterocycles. The summed E-state index contributed by atoms with van der Waals surface area (Å²) in [4.78, 5) is 8.13. The van der Waals surface area contributed by atoms with Gasteiger partial charge in [-0.15, -0.1) is 6.42 Å². The molecule has 0 N–H and O–H groups in total. The summed E-state index contributed by atoms with van der Waals surface area (Å²) in [6, 6.07) is 0. The molecule has 0 aliphatic carbocycles. The zero-order chi connectivity index (χ0) is 8.55. The third-order valence-electron chi connectivity index (χ3n) is 1.43. The molecule has 0 aliphatic heterocycles. The predicted molar refractivity (Wildman–Crippen MR) is 48.6 cm³/mol. The fourth-order valence-corrected chi connectivity index (χ4v) is 1.25. The first kappa shape index (κ1) is 7.32. The Hall–Kier alpha value is -1.34. The molecule has 0 bridgehead atoms. The maximum absolute atomic E-state index is 5.19. The lowest BCUT2D eigenvalue weighted by Crippen LogP contribution is -1.85. The molecule has 0 fully saturated rings. The number of rotatable bonds is 0. The zero-order valence-electron chi connectivity index (χ0n) is 6.03. The first-order valence-electron chi connectivity index (χ1n) is 3.26. The molecule has 0 spiro atoms. The summed E-state index contributed by atoms with van der Waals surface area (Å²) < 4.78 is 2.68. The number of nitrogens with zero attached hydrogens (tertiary/aromatic N) is 3. The van der Waals surface area contributed by atoms with Gasteiger partial charge in [-0.3, -0.25) is 4.40 Å². The average Bonchev–Trinajstić information content (AvgIpc) is 2.46. The van der Waals surface area contributed by atoms with Crippen molar-refractivity contribution in [2.24, 2.45) is 0 Å². The monoisotopic (exact) mass is 221 g/mol. The molecular formula is C8H4BrN3. The second kappa shape index (κ2) is 2.61. The van der Waals surface area contributed by atoms with Gasteiger partial charge in [-0.1, -0.05) is 0 Å². The van der Waals surface area contributed by atoms with Crippen LogP contribution in [0.4, 0.5) is 0 Å². The van der Waals surface area contributed by atoms with Crippen LogP contribution in [-0.4, -0.2) is 14.4 Å². The quantitative estimate of drug-likeness (QED) is 0.632. The van der Waals surface area contributed by atoms with Crippen LogP contribution in [0.1, 0.15) is 5.69 Å². The van der Waals surface area contributed by atoms with Crippen molar-refractivity contribution >= 4 is 21.7 Å². The highest BCUT2D eigenvalue weighted by Gasteiger charge is 1.99. The highest BCUT2D eigenvalue weighted by Crippen LogP contribution is 2.08. The van der Waals surface area contributed by atoms with Crippen LogP contribution in [0.15, 0.2) is 23.1 Å². The van der Waals surface area contributed by atoms with Gasteiger partial charge in [0.15, 0.2) is 0 Å². The summed E-state index contributed by atoms with van der Waals surface area (Å²) in [5.74, 6) is 3.07. The molecule has 0 saturated heterocycles. The summed E-state index contributed by atoms with van der Waals surface area (Å²) in [6.45, 7) is 0. The van der Waals surface area contributed by atoms with Crippen LogP contribution in [0.2, 0.25) is 0 Å². The fraction of sp³-hybridized carbons (Fsp3) is 0. The van der Waals surface area contributed by atoms with Gasteiger partial charge in [0.05, 0.1) is 4.47 Å². The van der Waals surface area contributed by atoms with E-state index < -0.39 is 0 Å². The molecule has 12 heavy (non-hydrogen) atoms. The molecule has 2 aromatic rings. The minimum Gasteiger partial charge on any atom is -0.289 e. The number of terminal acetylenes is 1. The SMILES string of the molecule is C#Cc1cn2cc(Br)cnc2n1. The van der Waals surface area contributed by atoms with Crippen molar-refractivity contribution in [3.05, 3.63) is 28.8 Å². The maximum Gasteiger partial charge on any atom is 0.234 e. The van der Waals surface area contributed by atoms with Crippen LogP contribution in [-0.2, 0) is 0 Å². The number of hydrogen-bond donors (Lipinski definition) is 0. The minimum absolute atomic E-state index is 0.598. The minimum atomic E-state index is 0.598. The number of aromatic nitrogens is 3. The van der Waals surface area contributed by atoms with Crippen molar-refractivity contribution in [3.63, 3.8) is 0 Å². The topological polar surface area (TPSA) is 30.2 Å². The zero-order valence-corrected chi connectivity index (χ0v) is 7.62. The number of hydrogen-bond acceptors (Lipinski definition) is 2. The molecule has 2 rings (SSSR count). The predicted octanol–water partition coefficient (Wildman–Crippen LogP) is 1.47. The summed E-state index contributed by atoms with van der Waals surface area (Å²) in [5, 5.41) is 0. The summed E-state index contributed by atoms with van der Waals surface area (Å²) >= 11 is 3.30. The molecule has 2 heterocycles. The van der Waals surface area contributed by atoms with Gasteiger partial charge in [0.25, 0.3) is 0 Å². The van der Waals surface area contributed by atoms with Crippen LogP contribution in [0.3, 0.4) is 0 Å². The van der Waals surface area contributed by atoms with E-state index in [0.29, 0.717) is 11.5 Å². The highest BCUT2D eigenvalue weighted by molar-refractivity contribution is 9.10. The van der Waals surface area contributed by atoms with Crippen molar-refractivity contribution in [1.29, 1.82) is 0 Å². The first-order chi connectivity index (χ1) is 5.79. The van der Waals surface area contributed by atoms with E-state index in [-0.39, 0.29) is 0 Å². The Labute approximate surface area is 77.6 Å². The number of halogens is 1. The van der Waals surface area contributed by atoms with Crippen LogP contribution in [0.5, 0.6) is 0 Å². The third-order valence-corrected chi connectivity index (χ3v) is 1.84. The molecule has 0 atom stereocenters. The van der Waals surface area contributed by atoms with E-state index in [4.69, 9.17) is 6.42 Å². The Balaban J connectivity index is 2.77. The lowest BCUT2D eigenvalue weighted by molar-refractivity contribution is 1.10. The van der Waals surface area contributed by atoms with Gasteiger partial charge in [-0.25, -0.2) is 9.97 Å². The number of fused-ring (bicyclic) bond motifs is 1. The van der Waals surface area contributed by atoms with Crippen molar-refractivity contribution in [2.45, 2.75) is 0 Å². The fourth-order valence-electron chi connectivity index (χ4n) is 0.929. The van der Waals surface area contributed by atoms with Crippen molar-refractivity contribution < 1.29 is 0 Å². The second-order valence-corrected chi connectivity index (χ2v) is 3.17. The third kappa shape index (κ3) is 1.08. The first-order valence-corrected chi connectivity index (χ1v) is 4.06. The van der Waals surface area contributed by atoms with Crippen molar-refractivity contribution in [1.82, 2.24) is 14.4 Å². The van der Waals surface area contributed by atoms with E-state index >= 15 is 0 Å². The standard InChI is InChI=1S/C8H4BrN3/c1-2-7-5-12-4-6(9)3-10-8(12)11-7/h1,3-5H. The highest BCUT2D eigenvalue weighted by atomic mass is 79.9. The summed E-state index contributed by atoms with van der Waals surface area (Å²) in [5.41, 5.74) is 0.598. The van der Waals surface area contributed by atoms with E-state index in [1.54, 1.807) is 16.8 Å². The molecule has 58 valence electrons. The van der Waals surface area contributed by atoms with Gasteiger partial charge in [0.2, 0.25) is 5.78 Å². The molecule has 3 nitrogen and oxygen atoms in total. The van der Waals surface area contributed by atoms with E-state index in [2.05, 4.69) is 31.8 Å². The van der Waals surface area contributed by atoms with E-state index in [1.807, 2.05) is 6.20 Å². The lowest BCUT2D eigenvalue weighted by atomic mass is 10.5. The lowest BCUT2D eigenvalue weighted by Gasteiger charge is -1.90. The molecule has 4 heteroatoms. The van der Waals surface area contributed by atoms with E-state index in [1.165, 1.54) is 0 Å². The molecular weight excluding hydrogens is 218 g/mol. The second-order valence-electron chi connectivity index (χ2n) is 2.25. The molecule has 0 amide bonds. The number of imidazole rings is 1. The van der Waals surface area contributed by atoms with Gasteiger partial charge in [0, 0.05) is 18.6 Å². The average molecular weight is 222 g/mol. The smallest absolute Gasteiger partial charge is 0.234 e. The van der Waals surface area contributed by atoms with E-state index in [0.717, 1.165) is 4.47 Å². The van der Waals surface area contributed by atoms with Crippen LogP contribution in [0.25, 0.3) is 5.78 Å². The van der Waals surface area contributed by atoms with Gasteiger partial charge < -0.3 is 0 Å². The van der Waals surface area contributed by atoms with Crippen molar-refractivity contribution in [3.8, 4) is 12.3 Å². The molecule has 0 aliphatic rings. The van der Waals surface area contributed by atoms with Gasteiger partial charge in [-0.2, -0.15) is 0 Å². The van der Waals surface area contributed by atoms with Gasteiger partial charge >= 0.3 is 0 Å². The van der Waals surface area contributed by atoms with Crippen LogP contribution >= 0.6 is 15.9 Å². The Kier molecular flexibility index (Phi) is 1.59. The van der Waals surface area contributed by atoms with Crippen molar-refractivity contribution in [2.75, 3.05) is 0 Å². The van der Waals surface area contributed by atoms with Crippen LogP contribution < -0.4 is 0 Å². The summed E-state index contributed by atoms with van der Waals surface area (Å²) in [7, 11) is 0.